The summed E-state index contributed by atoms with van der Waals surface area (Å²) in [7, 11) is 0. The monoisotopic (exact) mass is 388 g/mol. The molecule has 0 fully saturated rings. The summed E-state index contributed by atoms with van der Waals surface area (Å²) >= 11 is 6.06. The average molecular weight is 389 g/mol. The van der Waals surface area contributed by atoms with E-state index in [9.17, 15) is 14.9 Å². The Hall–Kier alpha value is -3.20. The van der Waals surface area contributed by atoms with E-state index in [0.717, 1.165) is 5.56 Å². The lowest BCUT2D eigenvalue weighted by Crippen LogP contribution is -2.16. The van der Waals surface area contributed by atoms with Crippen LogP contribution in [-0.2, 0) is 6.67 Å². The standard InChI is InChI=1S/C17H17ClN6O3/c1-10-13(18)5-4-6-14(10)19-17(25)15-7-8-22(21-15)9-23-12(3)16(24(26)27)11(2)20-23/h4-8H,9H2,1-3H3,(H,19,25). The zero-order valence-electron chi connectivity index (χ0n) is 14.9. The van der Waals surface area contributed by atoms with Crippen molar-refractivity contribution in [3.05, 3.63) is 68.2 Å². The number of carbonyl (C=O) groups is 1. The highest BCUT2D eigenvalue weighted by Gasteiger charge is 2.22. The van der Waals surface area contributed by atoms with Crippen LogP contribution in [0, 0.1) is 30.9 Å². The lowest BCUT2D eigenvalue weighted by molar-refractivity contribution is -0.386. The molecule has 9 nitrogen and oxygen atoms in total. The Kier molecular flexibility index (Phi) is 4.95. The SMILES string of the molecule is Cc1nn(Cn2ccc(C(=O)Nc3cccc(Cl)c3C)n2)c(C)c1[N+](=O)[O-]. The molecule has 3 rings (SSSR count). The topological polar surface area (TPSA) is 108 Å². The summed E-state index contributed by atoms with van der Waals surface area (Å²) in [4.78, 5) is 23.1. The molecule has 0 aliphatic heterocycles. The highest BCUT2D eigenvalue weighted by atomic mass is 35.5. The summed E-state index contributed by atoms with van der Waals surface area (Å²) in [6.45, 7) is 5.17. The molecule has 10 heteroatoms. The Balaban J connectivity index is 1.77. The van der Waals surface area contributed by atoms with Gasteiger partial charge in [0, 0.05) is 16.9 Å². The van der Waals surface area contributed by atoms with E-state index in [1.54, 1.807) is 44.3 Å². The van der Waals surface area contributed by atoms with Crippen LogP contribution in [0.15, 0.2) is 30.5 Å². The largest absolute Gasteiger partial charge is 0.320 e. The number of rotatable bonds is 5. The molecule has 0 spiro atoms. The molecule has 2 aromatic heterocycles. The first-order valence-corrected chi connectivity index (χ1v) is 8.44. The lowest BCUT2D eigenvalue weighted by Gasteiger charge is -2.08. The van der Waals surface area contributed by atoms with E-state index in [1.165, 1.54) is 9.36 Å². The Morgan fingerprint density at radius 3 is 2.67 bits per heavy atom. The molecule has 3 aromatic rings. The normalized spacial score (nSPS) is 10.8. The Labute approximate surface area is 159 Å². The van der Waals surface area contributed by atoms with Gasteiger partial charge >= 0.3 is 5.69 Å². The fraction of sp³-hybridized carbons (Fsp3) is 0.235. The van der Waals surface area contributed by atoms with Crippen LogP contribution in [0.25, 0.3) is 0 Å². The minimum Gasteiger partial charge on any atom is -0.320 e. The summed E-state index contributed by atoms with van der Waals surface area (Å²) in [6, 6.07) is 6.81. The molecule has 0 radical (unpaired) electrons. The number of halogens is 1. The van der Waals surface area contributed by atoms with Crippen molar-refractivity contribution in [3.8, 4) is 0 Å². The fourth-order valence-corrected chi connectivity index (χ4v) is 2.89. The molecule has 0 aliphatic carbocycles. The van der Waals surface area contributed by atoms with Crippen LogP contribution >= 0.6 is 11.6 Å². The van der Waals surface area contributed by atoms with E-state index in [2.05, 4.69) is 15.5 Å². The summed E-state index contributed by atoms with van der Waals surface area (Å²) in [5.41, 5.74) is 2.33. The van der Waals surface area contributed by atoms with E-state index in [4.69, 9.17) is 11.6 Å². The number of nitrogens with zero attached hydrogens (tertiary/aromatic N) is 5. The smallest absolute Gasteiger partial charge is 0.312 e. The molecule has 1 aromatic carbocycles. The van der Waals surface area contributed by atoms with Gasteiger partial charge in [0.2, 0.25) is 0 Å². The fourth-order valence-electron chi connectivity index (χ4n) is 2.72. The molecule has 0 bridgehead atoms. The summed E-state index contributed by atoms with van der Waals surface area (Å²) in [6.07, 6.45) is 1.61. The maximum absolute atomic E-state index is 12.4. The number of hydrogen-bond donors (Lipinski definition) is 1. The van der Waals surface area contributed by atoms with Gasteiger partial charge in [-0.2, -0.15) is 10.2 Å². The highest BCUT2D eigenvalue weighted by molar-refractivity contribution is 6.31. The van der Waals surface area contributed by atoms with Gasteiger partial charge in [0.25, 0.3) is 5.91 Å². The van der Waals surface area contributed by atoms with Gasteiger partial charge in [-0.25, -0.2) is 4.68 Å². The van der Waals surface area contributed by atoms with Crippen LogP contribution in [-0.4, -0.2) is 30.4 Å². The quantitative estimate of drug-likeness (QED) is 0.532. The number of amides is 1. The first-order chi connectivity index (χ1) is 12.8. The van der Waals surface area contributed by atoms with Crippen molar-refractivity contribution in [2.45, 2.75) is 27.4 Å². The van der Waals surface area contributed by atoms with E-state index < -0.39 is 4.92 Å². The van der Waals surface area contributed by atoms with Crippen LogP contribution in [0.5, 0.6) is 0 Å². The molecular weight excluding hydrogens is 372 g/mol. The van der Waals surface area contributed by atoms with Gasteiger partial charge in [-0.05, 0) is 44.5 Å². The van der Waals surface area contributed by atoms with Crippen LogP contribution in [0.4, 0.5) is 11.4 Å². The second-order valence-corrected chi connectivity index (χ2v) is 6.43. The molecule has 1 amide bonds. The van der Waals surface area contributed by atoms with Crippen molar-refractivity contribution >= 4 is 28.9 Å². The van der Waals surface area contributed by atoms with Gasteiger partial charge < -0.3 is 5.32 Å². The van der Waals surface area contributed by atoms with Gasteiger partial charge in [-0.3, -0.25) is 19.6 Å². The number of nitro groups is 1. The Bertz CT molecular complexity index is 1040. The molecule has 140 valence electrons. The molecule has 0 saturated heterocycles. The van der Waals surface area contributed by atoms with Crippen LogP contribution in [0.2, 0.25) is 5.02 Å². The number of benzene rings is 1. The Morgan fingerprint density at radius 2 is 2.00 bits per heavy atom. The average Bonchev–Trinajstić information content (AvgIpc) is 3.17. The minimum absolute atomic E-state index is 0.0171. The first kappa shape index (κ1) is 18.6. The van der Waals surface area contributed by atoms with Gasteiger partial charge in [0.1, 0.15) is 18.1 Å². The third-order valence-electron chi connectivity index (χ3n) is 4.19. The van der Waals surface area contributed by atoms with E-state index >= 15 is 0 Å². The van der Waals surface area contributed by atoms with Gasteiger partial charge in [-0.1, -0.05) is 17.7 Å². The summed E-state index contributed by atoms with van der Waals surface area (Å²) in [5, 5.41) is 22.8. The van der Waals surface area contributed by atoms with Crippen molar-refractivity contribution in [2.24, 2.45) is 0 Å². The van der Waals surface area contributed by atoms with E-state index in [1.807, 2.05) is 6.92 Å². The zero-order chi connectivity index (χ0) is 19.7. The second kappa shape index (κ2) is 7.20. The molecule has 0 saturated carbocycles. The molecule has 0 aliphatic rings. The third-order valence-corrected chi connectivity index (χ3v) is 4.60. The van der Waals surface area contributed by atoms with Crippen LogP contribution < -0.4 is 5.32 Å². The minimum atomic E-state index is -0.455. The van der Waals surface area contributed by atoms with Crippen molar-refractivity contribution in [1.29, 1.82) is 0 Å². The lowest BCUT2D eigenvalue weighted by atomic mass is 10.2. The zero-order valence-corrected chi connectivity index (χ0v) is 15.7. The van der Waals surface area contributed by atoms with Gasteiger partial charge in [-0.15, -0.1) is 0 Å². The Morgan fingerprint density at radius 1 is 1.26 bits per heavy atom. The van der Waals surface area contributed by atoms with E-state index in [-0.39, 0.29) is 24.0 Å². The number of anilines is 1. The van der Waals surface area contributed by atoms with Crippen LogP contribution in [0.1, 0.15) is 27.4 Å². The molecule has 0 unspecified atom stereocenters. The second-order valence-electron chi connectivity index (χ2n) is 6.02. The summed E-state index contributed by atoms with van der Waals surface area (Å²) in [5.74, 6) is -0.376. The number of aryl methyl sites for hydroxylation is 1. The molecular formula is C17H17ClN6O3. The van der Waals surface area contributed by atoms with Crippen molar-refractivity contribution < 1.29 is 9.72 Å². The van der Waals surface area contributed by atoms with Crippen molar-refractivity contribution in [3.63, 3.8) is 0 Å². The number of carbonyl (C=O) groups excluding carboxylic acids is 1. The number of hydrogen-bond acceptors (Lipinski definition) is 5. The number of aromatic nitrogens is 4. The maximum atomic E-state index is 12.4. The maximum Gasteiger partial charge on any atom is 0.312 e. The third kappa shape index (κ3) is 3.68. The first-order valence-electron chi connectivity index (χ1n) is 8.06. The van der Waals surface area contributed by atoms with Crippen LogP contribution in [0.3, 0.4) is 0 Å². The molecule has 1 N–H and O–H groups in total. The predicted octanol–water partition coefficient (Wildman–Crippen LogP) is 3.32. The van der Waals surface area contributed by atoms with E-state index in [0.29, 0.717) is 22.1 Å². The molecule has 2 heterocycles. The molecule has 27 heavy (non-hydrogen) atoms. The number of nitrogens with one attached hydrogen (secondary N) is 1. The van der Waals surface area contributed by atoms with Crippen molar-refractivity contribution in [2.75, 3.05) is 5.32 Å². The molecule has 0 atom stereocenters. The summed E-state index contributed by atoms with van der Waals surface area (Å²) < 4.78 is 2.96. The predicted molar refractivity (Wildman–Crippen MR) is 100 cm³/mol. The van der Waals surface area contributed by atoms with Gasteiger partial charge in [0.15, 0.2) is 5.69 Å². The van der Waals surface area contributed by atoms with Crippen molar-refractivity contribution in [1.82, 2.24) is 19.6 Å². The highest BCUT2D eigenvalue weighted by Crippen LogP contribution is 2.24. The van der Waals surface area contributed by atoms with Gasteiger partial charge in [0.05, 0.1) is 4.92 Å².